The second kappa shape index (κ2) is 8.85. The van der Waals surface area contributed by atoms with E-state index in [-0.39, 0.29) is 17.9 Å². The SMILES string of the molecule is CC(C)C(O)C(=O)N1CCCCC1C1(c2ccncn2)C=NN=C1c1ccc(Cl)cc1. The molecule has 0 saturated carbocycles. The van der Waals surface area contributed by atoms with Crippen LogP contribution in [0.25, 0.3) is 0 Å². The molecule has 4 rings (SSSR count). The number of hydrogen-bond donors (Lipinski definition) is 1. The molecular weight excluding hydrogens is 414 g/mol. The van der Waals surface area contributed by atoms with Gasteiger partial charge in [0.2, 0.25) is 0 Å². The van der Waals surface area contributed by atoms with Crippen LogP contribution in [0.2, 0.25) is 5.02 Å². The van der Waals surface area contributed by atoms with E-state index in [2.05, 4.69) is 20.2 Å². The van der Waals surface area contributed by atoms with E-state index in [0.29, 0.717) is 17.3 Å². The summed E-state index contributed by atoms with van der Waals surface area (Å²) in [5.41, 5.74) is 1.46. The van der Waals surface area contributed by atoms with E-state index < -0.39 is 11.5 Å². The first-order valence-corrected chi connectivity index (χ1v) is 11.0. The van der Waals surface area contributed by atoms with Gasteiger partial charge < -0.3 is 10.0 Å². The van der Waals surface area contributed by atoms with Crippen LogP contribution >= 0.6 is 11.6 Å². The topological polar surface area (TPSA) is 91.0 Å². The highest BCUT2D eigenvalue weighted by Gasteiger charge is 2.52. The quantitative estimate of drug-likeness (QED) is 0.774. The third-order valence-electron chi connectivity index (χ3n) is 6.13. The van der Waals surface area contributed by atoms with E-state index in [1.54, 1.807) is 17.3 Å². The Labute approximate surface area is 186 Å². The maximum atomic E-state index is 13.3. The molecule has 31 heavy (non-hydrogen) atoms. The second-order valence-electron chi connectivity index (χ2n) is 8.40. The Morgan fingerprint density at radius 1 is 1.23 bits per heavy atom. The fourth-order valence-electron chi connectivity index (χ4n) is 4.49. The van der Waals surface area contributed by atoms with Gasteiger partial charge in [0.15, 0.2) is 0 Å². The lowest BCUT2D eigenvalue weighted by molar-refractivity contribution is -0.146. The van der Waals surface area contributed by atoms with Gasteiger partial charge in [0.1, 0.15) is 17.8 Å². The molecule has 3 heterocycles. The van der Waals surface area contributed by atoms with Crippen molar-refractivity contribution in [2.75, 3.05) is 6.54 Å². The molecule has 2 aliphatic heterocycles. The molecule has 1 aromatic heterocycles. The maximum absolute atomic E-state index is 13.3. The normalized spacial score (nSPS) is 24.4. The molecule has 3 atom stereocenters. The lowest BCUT2D eigenvalue weighted by atomic mass is 9.69. The Balaban J connectivity index is 1.85. The standard InChI is InChI=1S/C23H26ClN5O2/c1-15(2)20(30)22(31)29-12-4-3-5-19(29)23(18-10-11-25-14-26-18)13-27-28-21(23)16-6-8-17(24)9-7-16/h6-11,13-15,19-20,30H,3-5,12H2,1-2H3. The highest BCUT2D eigenvalue weighted by atomic mass is 35.5. The molecule has 0 spiro atoms. The van der Waals surface area contributed by atoms with Crippen molar-refractivity contribution < 1.29 is 9.90 Å². The summed E-state index contributed by atoms with van der Waals surface area (Å²) in [6.45, 7) is 4.26. The molecular formula is C23H26ClN5O2. The summed E-state index contributed by atoms with van der Waals surface area (Å²) < 4.78 is 0. The van der Waals surface area contributed by atoms with Gasteiger partial charge in [-0.2, -0.15) is 10.2 Å². The number of aromatic nitrogens is 2. The molecule has 1 aromatic carbocycles. The van der Waals surface area contributed by atoms with Gasteiger partial charge in [-0.05, 0) is 48.9 Å². The van der Waals surface area contributed by atoms with Gasteiger partial charge in [0.05, 0.1) is 17.4 Å². The van der Waals surface area contributed by atoms with Crippen LogP contribution in [0, 0.1) is 5.92 Å². The predicted molar refractivity (Wildman–Crippen MR) is 120 cm³/mol. The highest BCUT2D eigenvalue weighted by molar-refractivity contribution is 6.30. The van der Waals surface area contributed by atoms with E-state index in [1.165, 1.54) is 6.33 Å². The van der Waals surface area contributed by atoms with Crippen LogP contribution in [0.4, 0.5) is 0 Å². The summed E-state index contributed by atoms with van der Waals surface area (Å²) >= 11 is 6.11. The van der Waals surface area contributed by atoms with Crippen LogP contribution in [0.15, 0.2) is 53.1 Å². The zero-order chi connectivity index (χ0) is 22.0. The minimum atomic E-state index is -1.06. The number of amides is 1. The summed E-state index contributed by atoms with van der Waals surface area (Å²) in [5, 5.41) is 20.0. The number of halogens is 1. The molecule has 1 amide bonds. The number of aliphatic hydroxyl groups is 1. The zero-order valence-electron chi connectivity index (χ0n) is 17.6. The van der Waals surface area contributed by atoms with E-state index in [1.807, 2.05) is 44.2 Å². The van der Waals surface area contributed by atoms with E-state index >= 15 is 0 Å². The van der Waals surface area contributed by atoms with Crippen molar-refractivity contribution in [3.05, 3.63) is 59.1 Å². The number of benzene rings is 1. The number of aliphatic hydroxyl groups excluding tert-OH is 1. The van der Waals surface area contributed by atoms with Crippen molar-refractivity contribution in [3.8, 4) is 0 Å². The Hall–Kier alpha value is -2.64. The third kappa shape index (κ3) is 3.88. The summed E-state index contributed by atoms with van der Waals surface area (Å²) in [6.07, 6.45) is 6.51. The maximum Gasteiger partial charge on any atom is 0.251 e. The number of hydrogen-bond acceptors (Lipinski definition) is 6. The molecule has 1 N–H and O–H groups in total. The first-order valence-electron chi connectivity index (χ1n) is 10.6. The monoisotopic (exact) mass is 439 g/mol. The predicted octanol–water partition coefficient (Wildman–Crippen LogP) is 3.25. The molecule has 7 nitrogen and oxygen atoms in total. The minimum absolute atomic E-state index is 0.174. The number of nitrogens with zero attached hydrogens (tertiary/aromatic N) is 5. The van der Waals surface area contributed by atoms with Gasteiger partial charge in [-0.3, -0.25) is 4.79 Å². The van der Waals surface area contributed by atoms with Gasteiger partial charge in [-0.25, -0.2) is 9.97 Å². The smallest absolute Gasteiger partial charge is 0.251 e. The molecule has 2 aliphatic rings. The fraction of sp³-hybridized carbons (Fsp3) is 0.435. The molecule has 2 aromatic rings. The Morgan fingerprint density at radius 3 is 2.68 bits per heavy atom. The first-order chi connectivity index (χ1) is 14.9. The Morgan fingerprint density at radius 2 is 2.00 bits per heavy atom. The molecule has 8 heteroatoms. The van der Waals surface area contributed by atoms with Crippen LogP contribution in [0.1, 0.15) is 44.4 Å². The van der Waals surface area contributed by atoms with Crippen LogP contribution in [-0.2, 0) is 10.2 Å². The van der Waals surface area contributed by atoms with Crippen molar-refractivity contribution >= 4 is 29.4 Å². The summed E-state index contributed by atoms with van der Waals surface area (Å²) in [4.78, 5) is 23.8. The average molecular weight is 440 g/mol. The number of carbonyl (C=O) groups excluding carboxylic acids is 1. The molecule has 0 bridgehead atoms. The van der Waals surface area contributed by atoms with E-state index in [4.69, 9.17) is 11.6 Å². The summed E-state index contributed by atoms with van der Waals surface area (Å²) in [7, 11) is 0. The van der Waals surface area contributed by atoms with Crippen LogP contribution in [0.3, 0.4) is 0 Å². The van der Waals surface area contributed by atoms with Crippen LogP contribution in [-0.4, -0.2) is 56.5 Å². The van der Waals surface area contributed by atoms with E-state index in [9.17, 15) is 9.90 Å². The van der Waals surface area contributed by atoms with Crippen molar-refractivity contribution in [2.24, 2.45) is 16.1 Å². The van der Waals surface area contributed by atoms with Gasteiger partial charge in [0, 0.05) is 24.0 Å². The van der Waals surface area contributed by atoms with Crippen LogP contribution in [0.5, 0.6) is 0 Å². The van der Waals surface area contributed by atoms with Crippen LogP contribution < -0.4 is 0 Å². The number of carbonyl (C=O) groups is 1. The van der Waals surface area contributed by atoms with E-state index in [0.717, 1.165) is 30.5 Å². The van der Waals surface area contributed by atoms with Crippen molar-refractivity contribution in [2.45, 2.75) is 50.7 Å². The summed E-state index contributed by atoms with van der Waals surface area (Å²) in [6, 6.07) is 9.01. The molecule has 162 valence electrons. The summed E-state index contributed by atoms with van der Waals surface area (Å²) in [5.74, 6) is -0.435. The Kier molecular flexibility index (Phi) is 6.16. The van der Waals surface area contributed by atoms with Gasteiger partial charge in [-0.1, -0.05) is 37.6 Å². The lowest BCUT2D eigenvalue weighted by Gasteiger charge is -2.46. The largest absolute Gasteiger partial charge is 0.383 e. The second-order valence-corrected chi connectivity index (χ2v) is 8.83. The number of rotatable bonds is 5. The molecule has 3 unspecified atom stereocenters. The van der Waals surface area contributed by atoms with Crippen molar-refractivity contribution in [1.82, 2.24) is 14.9 Å². The Bertz CT molecular complexity index is 993. The first kappa shape index (κ1) is 21.6. The minimum Gasteiger partial charge on any atom is -0.383 e. The third-order valence-corrected chi connectivity index (χ3v) is 6.38. The molecule has 1 saturated heterocycles. The number of piperidine rings is 1. The zero-order valence-corrected chi connectivity index (χ0v) is 18.4. The van der Waals surface area contributed by atoms with Crippen molar-refractivity contribution in [3.63, 3.8) is 0 Å². The van der Waals surface area contributed by atoms with Gasteiger partial charge in [0.25, 0.3) is 5.91 Å². The van der Waals surface area contributed by atoms with Crippen molar-refractivity contribution in [1.29, 1.82) is 0 Å². The lowest BCUT2D eigenvalue weighted by Crippen LogP contribution is -2.61. The highest BCUT2D eigenvalue weighted by Crippen LogP contribution is 2.40. The molecule has 0 radical (unpaired) electrons. The molecule has 1 fully saturated rings. The molecule has 0 aliphatic carbocycles. The van der Waals surface area contributed by atoms with Gasteiger partial charge in [-0.15, -0.1) is 0 Å². The fourth-order valence-corrected chi connectivity index (χ4v) is 4.61. The number of likely N-dealkylation sites (tertiary alicyclic amines) is 1. The van der Waals surface area contributed by atoms with Gasteiger partial charge >= 0.3 is 0 Å². The average Bonchev–Trinajstić information content (AvgIpc) is 3.25.